The first-order valence-electron chi connectivity index (χ1n) is 12.1. The molecule has 1 aromatic rings. The topological polar surface area (TPSA) is 59.1 Å². The largest absolute Gasteiger partial charge is 0.497 e. The number of amides is 1. The minimum atomic E-state index is -1.05. The second-order valence-electron chi connectivity index (χ2n) is 9.62. The molecule has 2 saturated carbocycles. The summed E-state index contributed by atoms with van der Waals surface area (Å²) >= 11 is 0. The number of carbonyl (C=O) groups is 1. The molecule has 178 valence electrons. The summed E-state index contributed by atoms with van der Waals surface area (Å²) in [6, 6.07) is 6.25. The fourth-order valence-electron chi connectivity index (χ4n) is 5.70. The third-order valence-corrected chi connectivity index (χ3v) is 8.25. The molecule has 3 fully saturated rings. The second-order valence-corrected chi connectivity index (χ2v) is 11.1. The van der Waals surface area contributed by atoms with Crippen LogP contribution in [0.3, 0.4) is 0 Å². The van der Waals surface area contributed by atoms with Crippen LogP contribution < -0.4 is 9.47 Å². The molecular formula is C25H38N2O4S. The Morgan fingerprint density at radius 2 is 1.88 bits per heavy atom. The van der Waals surface area contributed by atoms with Gasteiger partial charge in [-0.15, -0.1) is 0 Å². The van der Waals surface area contributed by atoms with Crippen molar-refractivity contribution in [2.24, 2.45) is 5.92 Å². The third-order valence-electron chi connectivity index (χ3n) is 7.47. The van der Waals surface area contributed by atoms with E-state index >= 15 is 0 Å². The zero-order chi connectivity index (χ0) is 22.7. The van der Waals surface area contributed by atoms with Crippen molar-refractivity contribution in [3.63, 3.8) is 0 Å². The number of fused-ring (bicyclic) bond motifs is 1. The number of likely N-dealkylation sites (tertiary alicyclic amines) is 1. The van der Waals surface area contributed by atoms with Crippen molar-refractivity contribution in [3.8, 4) is 11.5 Å². The minimum Gasteiger partial charge on any atom is -0.497 e. The minimum absolute atomic E-state index is 0.191. The molecule has 0 bridgehead atoms. The maximum Gasteiger partial charge on any atom is 0.241 e. The van der Waals surface area contributed by atoms with E-state index in [1.165, 1.54) is 25.7 Å². The molecule has 6 nitrogen and oxygen atoms in total. The number of hydrogen-bond acceptors (Lipinski definition) is 5. The summed E-state index contributed by atoms with van der Waals surface area (Å²) in [5.74, 6) is 2.75. The predicted molar refractivity (Wildman–Crippen MR) is 128 cm³/mol. The Bertz CT molecular complexity index is 826. The molecule has 1 saturated heterocycles. The van der Waals surface area contributed by atoms with Gasteiger partial charge in [0.05, 0.1) is 14.2 Å². The monoisotopic (exact) mass is 462 g/mol. The zero-order valence-corrected chi connectivity index (χ0v) is 20.6. The van der Waals surface area contributed by atoms with Gasteiger partial charge in [0.2, 0.25) is 5.91 Å². The van der Waals surface area contributed by atoms with Crippen LogP contribution in [0.1, 0.15) is 56.9 Å². The Kier molecular flexibility index (Phi) is 7.77. The summed E-state index contributed by atoms with van der Waals surface area (Å²) in [5.41, 5.74) is 1.04. The molecule has 32 heavy (non-hydrogen) atoms. The Balaban J connectivity index is 1.60. The number of piperidine rings is 1. The van der Waals surface area contributed by atoms with Crippen molar-refractivity contribution >= 4 is 16.7 Å². The average Bonchev–Trinajstić information content (AvgIpc) is 3.65. The molecular weight excluding hydrogens is 424 g/mol. The highest BCUT2D eigenvalue weighted by Crippen LogP contribution is 2.38. The van der Waals surface area contributed by atoms with E-state index in [2.05, 4.69) is 9.80 Å². The average molecular weight is 463 g/mol. The standard InChI is InChI=1S/C25H38N2O4S/c1-30-21-13-10-19(24(15-21)31-2)16-27(20-11-12-20)23(17-32(3)29)25(28)26-14-6-8-18-7-4-5-9-22(18)26/h10,13,15,18,20,22-23H,4-9,11-12,14,16-17H2,1-3H3. The van der Waals surface area contributed by atoms with E-state index in [1.807, 2.05) is 18.2 Å². The number of methoxy groups -OCH3 is 2. The van der Waals surface area contributed by atoms with Crippen molar-refractivity contribution in [1.82, 2.24) is 9.80 Å². The zero-order valence-electron chi connectivity index (χ0n) is 19.8. The van der Waals surface area contributed by atoms with Crippen LogP contribution in [-0.2, 0) is 22.1 Å². The number of carbonyl (C=O) groups excluding carboxylic acids is 1. The van der Waals surface area contributed by atoms with Crippen LogP contribution in [0.15, 0.2) is 18.2 Å². The molecule has 7 heteroatoms. The quantitative estimate of drug-likeness (QED) is 0.561. The number of nitrogens with zero attached hydrogens (tertiary/aromatic N) is 2. The third kappa shape index (κ3) is 5.30. The van der Waals surface area contributed by atoms with E-state index in [9.17, 15) is 9.00 Å². The van der Waals surface area contributed by atoms with E-state index in [4.69, 9.17) is 9.47 Å². The number of hydrogen-bond donors (Lipinski definition) is 0. The van der Waals surface area contributed by atoms with Gasteiger partial charge in [0.1, 0.15) is 17.5 Å². The first kappa shape index (κ1) is 23.6. The summed E-state index contributed by atoms with van der Waals surface area (Å²) in [7, 11) is 2.26. The lowest BCUT2D eigenvalue weighted by Crippen LogP contribution is -2.58. The number of benzene rings is 1. The molecule has 1 aliphatic heterocycles. The first-order chi connectivity index (χ1) is 15.5. The van der Waals surface area contributed by atoms with Gasteiger partial charge in [-0.3, -0.25) is 13.9 Å². The summed E-state index contributed by atoms with van der Waals surface area (Å²) in [6.45, 7) is 1.46. The van der Waals surface area contributed by atoms with Crippen molar-refractivity contribution < 1.29 is 18.5 Å². The molecule has 3 aliphatic rings. The predicted octanol–water partition coefficient (Wildman–Crippen LogP) is 3.60. The molecule has 0 N–H and O–H groups in total. The molecule has 4 unspecified atom stereocenters. The van der Waals surface area contributed by atoms with Crippen LogP contribution in [0.2, 0.25) is 0 Å². The Hall–Kier alpha value is -1.60. The molecule has 0 spiro atoms. The van der Waals surface area contributed by atoms with Gasteiger partial charge in [0.15, 0.2) is 0 Å². The lowest BCUT2D eigenvalue weighted by Gasteiger charge is -2.46. The summed E-state index contributed by atoms with van der Waals surface area (Å²) in [5, 5.41) is 0. The normalized spacial score (nSPS) is 25.2. The fraction of sp³-hybridized carbons (Fsp3) is 0.720. The molecule has 1 aromatic carbocycles. The van der Waals surface area contributed by atoms with Gasteiger partial charge in [-0.1, -0.05) is 18.9 Å². The van der Waals surface area contributed by atoms with Gasteiger partial charge in [-0.05, 0) is 50.5 Å². The molecule has 0 radical (unpaired) electrons. The van der Waals surface area contributed by atoms with Gasteiger partial charge < -0.3 is 14.4 Å². The maximum absolute atomic E-state index is 14.0. The summed E-state index contributed by atoms with van der Waals surface area (Å²) in [6.07, 6.45) is 11.1. The molecule has 2 aliphatic carbocycles. The number of ether oxygens (including phenoxy) is 2. The van der Waals surface area contributed by atoms with Crippen LogP contribution in [0.5, 0.6) is 11.5 Å². The van der Waals surface area contributed by atoms with E-state index in [0.717, 1.165) is 49.3 Å². The van der Waals surface area contributed by atoms with Crippen LogP contribution >= 0.6 is 0 Å². The van der Waals surface area contributed by atoms with Gasteiger partial charge in [0, 0.05) is 59.6 Å². The summed E-state index contributed by atoms with van der Waals surface area (Å²) < 4.78 is 23.4. The Morgan fingerprint density at radius 3 is 2.56 bits per heavy atom. The van der Waals surface area contributed by atoms with E-state index in [0.29, 0.717) is 30.3 Å². The molecule has 4 rings (SSSR count). The Labute approximate surface area is 195 Å². The van der Waals surface area contributed by atoms with Gasteiger partial charge in [-0.2, -0.15) is 0 Å². The van der Waals surface area contributed by atoms with E-state index < -0.39 is 10.8 Å². The van der Waals surface area contributed by atoms with E-state index in [-0.39, 0.29) is 11.9 Å². The highest BCUT2D eigenvalue weighted by Gasteiger charge is 2.43. The molecule has 0 aromatic heterocycles. The summed E-state index contributed by atoms with van der Waals surface area (Å²) in [4.78, 5) is 18.5. The Morgan fingerprint density at radius 1 is 1.12 bits per heavy atom. The lowest BCUT2D eigenvalue weighted by molar-refractivity contribution is -0.143. The lowest BCUT2D eigenvalue weighted by atomic mass is 9.78. The SMILES string of the molecule is COc1ccc(CN(C2CC2)C(CS(C)=O)C(=O)N2CCCC3CCCCC32)c(OC)c1. The van der Waals surface area contributed by atoms with Crippen LogP contribution in [0, 0.1) is 5.92 Å². The van der Waals surface area contributed by atoms with Crippen molar-refractivity contribution in [3.05, 3.63) is 23.8 Å². The van der Waals surface area contributed by atoms with E-state index in [1.54, 1.807) is 20.5 Å². The second kappa shape index (κ2) is 10.6. The first-order valence-corrected chi connectivity index (χ1v) is 13.8. The fourth-order valence-corrected chi connectivity index (χ4v) is 6.48. The maximum atomic E-state index is 14.0. The molecule has 1 amide bonds. The van der Waals surface area contributed by atoms with Crippen LogP contribution in [-0.4, -0.2) is 70.8 Å². The van der Waals surface area contributed by atoms with Crippen LogP contribution in [0.25, 0.3) is 0 Å². The van der Waals surface area contributed by atoms with Gasteiger partial charge in [-0.25, -0.2) is 0 Å². The van der Waals surface area contributed by atoms with Crippen LogP contribution in [0.4, 0.5) is 0 Å². The molecule has 4 atom stereocenters. The smallest absolute Gasteiger partial charge is 0.241 e. The molecule has 1 heterocycles. The van der Waals surface area contributed by atoms with Crippen molar-refractivity contribution in [2.45, 2.75) is 76.0 Å². The van der Waals surface area contributed by atoms with Gasteiger partial charge >= 0.3 is 0 Å². The van der Waals surface area contributed by atoms with Gasteiger partial charge in [0.25, 0.3) is 0 Å². The number of rotatable bonds is 9. The van der Waals surface area contributed by atoms with Crippen molar-refractivity contribution in [2.75, 3.05) is 32.8 Å². The van der Waals surface area contributed by atoms with Crippen molar-refractivity contribution in [1.29, 1.82) is 0 Å². The highest BCUT2D eigenvalue weighted by molar-refractivity contribution is 7.84. The highest BCUT2D eigenvalue weighted by atomic mass is 32.2.